The van der Waals surface area contributed by atoms with Gasteiger partial charge in [0.15, 0.2) is 0 Å². The molecule has 1 atom stereocenters. The van der Waals surface area contributed by atoms with Crippen LogP contribution in [-0.4, -0.2) is 6.54 Å². The standard InChI is InChI=1S/C18H18F3NO2/c19-18(20,21)14-7-17(23)24-16-8-15-12(6-13(14)16)4-3-11(9-22-15)5-10-1-2-10/h6-8,10-11,22H,1-5,9H2/t11-/m1/s1. The van der Waals surface area contributed by atoms with E-state index in [0.29, 0.717) is 12.0 Å². The number of nitrogens with one attached hydrogen (secondary N) is 1. The van der Waals surface area contributed by atoms with Gasteiger partial charge in [0.2, 0.25) is 0 Å². The molecule has 0 saturated heterocycles. The van der Waals surface area contributed by atoms with E-state index >= 15 is 0 Å². The van der Waals surface area contributed by atoms with Gasteiger partial charge in [-0.1, -0.05) is 12.8 Å². The second kappa shape index (κ2) is 5.53. The van der Waals surface area contributed by atoms with Crippen molar-refractivity contribution in [3.63, 3.8) is 0 Å². The smallest absolute Gasteiger partial charge is 0.417 e. The lowest BCUT2D eigenvalue weighted by Gasteiger charge is -2.14. The lowest BCUT2D eigenvalue weighted by molar-refractivity contribution is -0.136. The molecule has 1 aliphatic carbocycles. The maximum absolute atomic E-state index is 13.2. The lowest BCUT2D eigenvalue weighted by Crippen LogP contribution is -2.13. The van der Waals surface area contributed by atoms with Crippen molar-refractivity contribution in [2.24, 2.45) is 11.8 Å². The van der Waals surface area contributed by atoms with Gasteiger partial charge >= 0.3 is 11.8 Å². The molecule has 2 aromatic rings. The molecule has 2 heterocycles. The van der Waals surface area contributed by atoms with Gasteiger partial charge in [0.05, 0.1) is 5.56 Å². The largest absolute Gasteiger partial charge is 0.423 e. The normalized spacial score (nSPS) is 21.2. The van der Waals surface area contributed by atoms with E-state index in [4.69, 9.17) is 4.42 Å². The SMILES string of the molecule is O=c1cc(C(F)(F)F)c2cc3c(cc2o1)NC[C@@H](CC1CC1)CC3. The molecule has 0 bridgehead atoms. The number of halogens is 3. The van der Waals surface area contributed by atoms with Crippen molar-refractivity contribution in [2.75, 3.05) is 11.9 Å². The molecule has 0 unspecified atom stereocenters. The summed E-state index contributed by atoms with van der Waals surface area (Å²) < 4.78 is 44.7. The average molecular weight is 337 g/mol. The van der Waals surface area contributed by atoms with Gasteiger partial charge in [-0.15, -0.1) is 0 Å². The predicted octanol–water partition coefficient (Wildman–Crippen LogP) is 4.59. The van der Waals surface area contributed by atoms with Gasteiger partial charge in [-0.25, -0.2) is 4.79 Å². The number of benzene rings is 1. The van der Waals surface area contributed by atoms with E-state index in [2.05, 4.69) is 5.32 Å². The van der Waals surface area contributed by atoms with Crippen LogP contribution >= 0.6 is 0 Å². The minimum atomic E-state index is -4.57. The maximum atomic E-state index is 13.2. The molecule has 2 aliphatic rings. The van der Waals surface area contributed by atoms with Crippen LogP contribution in [0.3, 0.4) is 0 Å². The molecule has 0 radical (unpaired) electrons. The highest BCUT2D eigenvalue weighted by atomic mass is 19.4. The first kappa shape index (κ1) is 15.5. The zero-order valence-electron chi connectivity index (χ0n) is 13.1. The van der Waals surface area contributed by atoms with E-state index in [1.165, 1.54) is 25.3 Å². The number of hydrogen-bond acceptors (Lipinski definition) is 3. The Morgan fingerprint density at radius 2 is 1.92 bits per heavy atom. The first-order valence-electron chi connectivity index (χ1n) is 8.32. The van der Waals surface area contributed by atoms with Crippen LogP contribution < -0.4 is 10.9 Å². The zero-order valence-corrected chi connectivity index (χ0v) is 13.1. The Bertz CT molecular complexity index is 836. The maximum Gasteiger partial charge on any atom is 0.417 e. The number of hydrogen-bond donors (Lipinski definition) is 1. The van der Waals surface area contributed by atoms with Crippen LogP contribution in [0.15, 0.2) is 27.4 Å². The number of alkyl halides is 3. The lowest BCUT2D eigenvalue weighted by atomic mass is 9.95. The van der Waals surface area contributed by atoms with Crippen LogP contribution in [0.2, 0.25) is 0 Å². The van der Waals surface area contributed by atoms with Gasteiger partial charge in [-0.3, -0.25) is 0 Å². The summed E-state index contributed by atoms with van der Waals surface area (Å²) in [5.41, 5.74) is -0.268. The summed E-state index contributed by atoms with van der Waals surface area (Å²) in [6, 6.07) is 3.61. The Morgan fingerprint density at radius 3 is 2.62 bits per heavy atom. The Hall–Kier alpha value is -1.98. The summed E-state index contributed by atoms with van der Waals surface area (Å²) in [6.45, 7) is 0.818. The van der Waals surface area contributed by atoms with E-state index in [0.717, 1.165) is 36.6 Å². The number of anilines is 1. The second-order valence-corrected chi connectivity index (χ2v) is 6.95. The predicted molar refractivity (Wildman–Crippen MR) is 85.1 cm³/mol. The molecule has 1 fully saturated rings. The summed E-state index contributed by atoms with van der Waals surface area (Å²) in [4.78, 5) is 11.5. The van der Waals surface area contributed by atoms with Crippen LogP contribution in [0.1, 0.15) is 36.8 Å². The number of fused-ring (bicyclic) bond motifs is 2. The minimum absolute atomic E-state index is 0.0123. The molecular weight excluding hydrogens is 319 g/mol. The summed E-state index contributed by atoms with van der Waals surface area (Å²) in [5, 5.41) is 3.30. The van der Waals surface area contributed by atoms with Crippen LogP contribution in [0.25, 0.3) is 11.0 Å². The van der Waals surface area contributed by atoms with Gasteiger partial charge in [0.25, 0.3) is 0 Å². The fourth-order valence-electron chi connectivity index (χ4n) is 3.60. The molecule has 0 amide bonds. The molecule has 128 valence electrons. The molecule has 24 heavy (non-hydrogen) atoms. The molecule has 3 nitrogen and oxygen atoms in total. The average Bonchev–Trinajstić information content (AvgIpc) is 3.32. The topological polar surface area (TPSA) is 42.2 Å². The molecule has 0 spiro atoms. The molecule has 4 rings (SSSR count). The summed E-state index contributed by atoms with van der Waals surface area (Å²) in [7, 11) is 0. The van der Waals surface area contributed by atoms with E-state index in [9.17, 15) is 18.0 Å². The van der Waals surface area contributed by atoms with E-state index < -0.39 is 17.4 Å². The van der Waals surface area contributed by atoms with Gasteiger partial charge < -0.3 is 9.73 Å². The van der Waals surface area contributed by atoms with Crippen molar-refractivity contribution in [1.82, 2.24) is 0 Å². The van der Waals surface area contributed by atoms with Crippen molar-refractivity contribution in [2.45, 2.75) is 38.3 Å². The van der Waals surface area contributed by atoms with Crippen LogP contribution in [0.4, 0.5) is 18.9 Å². The highest BCUT2D eigenvalue weighted by molar-refractivity contribution is 5.85. The van der Waals surface area contributed by atoms with Gasteiger partial charge in [0, 0.05) is 29.8 Å². The van der Waals surface area contributed by atoms with Crippen LogP contribution in [-0.2, 0) is 12.6 Å². The fourth-order valence-corrected chi connectivity index (χ4v) is 3.60. The summed E-state index contributed by atoms with van der Waals surface area (Å²) in [5.74, 6) is 1.37. The third-order valence-corrected chi connectivity index (χ3v) is 5.04. The second-order valence-electron chi connectivity index (χ2n) is 6.95. The van der Waals surface area contributed by atoms with E-state index in [-0.39, 0.29) is 11.0 Å². The first-order valence-corrected chi connectivity index (χ1v) is 8.32. The Balaban J connectivity index is 1.74. The molecule has 6 heteroatoms. The van der Waals surface area contributed by atoms with Crippen molar-refractivity contribution < 1.29 is 17.6 Å². The van der Waals surface area contributed by atoms with Crippen molar-refractivity contribution in [1.29, 1.82) is 0 Å². The Labute approximate surface area is 136 Å². The summed E-state index contributed by atoms with van der Waals surface area (Å²) in [6.07, 6.45) is 0.922. The van der Waals surface area contributed by atoms with Gasteiger partial charge in [-0.05, 0) is 42.7 Å². The van der Waals surface area contributed by atoms with Crippen molar-refractivity contribution in [3.8, 4) is 0 Å². The zero-order chi connectivity index (χ0) is 16.9. The Morgan fingerprint density at radius 1 is 1.12 bits per heavy atom. The minimum Gasteiger partial charge on any atom is -0.423 e. The monoisotopic (exact) mass is 337 g/mol. The van der Waals surface area contributed by atoms with Crippen molar-refractivity contribution in [3.05, 3.63) is 39.7 Å². The molecule has 1 N–H and O–H groups in total. The van der Waals surface area contributed by atoms with E-state index in [1.807, 2.05) is 0 Å². The first-order chi connectivity index (χ1) is 11.4. The quantitative estimate of drug-likeness (QED) is 0.815. The number of rotatable bonds is 2. The number of aryl methyl sites for hydroxylation is 1. The molecule has 1 aromatic heterocycles. The van der Waals surface area contributed by atoms with E-state index in [1.54, 1.807) is 6.07 Å². The van der Waals surface area contributed by atoms with Gasteiger partial charge in [0.1, 0.15) is 5.58 Å². The molecular formula is C18H18F3NO2. The molecule has 1 aliphatic heterocycles. The van der Waals surface area contributed by atoms with Crippen LogP contribution in [0, 0.1) is 11.8 Å². The summed E-state index contributed by atoms with van der Waals surface area (Å²) >= 11 is 0. The highest BCUT2D eigenvalue weighted by Gasteiger charge is 2.34. The molecule has 1 saturated carbocycles. The van der Waals surface area contributed by atoms with Gasteiger partial charge in [-0.2, -0.15) is 13.2 Å². The Kier molecular flexibility index (Phi) is 3.58. The third kappa shape index (κ3) is 3.01. The fraction of sp³-hybridized carbons (Fsp3) is 0.500. The van der Waals surface area contributed by atoms with Crippen molar-refractivity contribution >= 4 is 16.7 Å². The highest BCUT2D eigenvalue weighted by Crippen LogP contribution is 2.40. The molecule has 1 aromatic carbocycles. The third-order valence-electron chi connectivity index (χ3n) is 5.04. The van der Waals surface area contributed by atoms with Crippen LogP contribution in [0.5, 0.6) is 0 Å².